The van der Waals surface area contributed by atoms with E-state index in [9.17, 15) is 5.11 Å². The molecule has 0 bridgehead atoms. The summed E-state index contributed by atoms with van der Waals surface area (Å²) in [7, 11) is 0. The molecule has 0 spiro atoms. The normalized spacial score (nSPS) is 15.5. The van der Waals surface area contributed by atoms with Crippen molar-refractivity contribution < 1.29 is 5.11 Å². The van der Waals surface area contributed by atoms with Crippen molar-refractivity contribution >= 4 is 0 Å². The average Bonchev–Trinajstić information content (AvgIpc) is 2.98. The van der Waals surface area contributed by atoms with Crippen LogP contribution >= 0.6 is 0 Å². The van der Waals surface area contributed by atoms with Gasteiger partial charge in [0.25, 0.3) is 0 Å². The molecule has 1 fully saturated rings. The summed E-state index contributed by atoms with van der Waals surface area (Å²) in [5.41, 5.74) is 1.87. The van der Waals surface area contributed by atoms with Gasteiger partial charge < -0.3 is 9.67 Å². The molecule has 1 aliphatic rings. The van der Waals surface area contributed by atoms with Crippen molar-refractivity contribution in [3.8, 4) is 17.0 Å². The number of benzene rings is 1. The van der Waals surface area contributed by atoms with Crippen LogP contribution in [-0.2, 0) is 0 Å². The van der Waals surface area contributed by atoms with Crippen LogP contribution in [0.15, 0.2) is 36.8 Å². The van der Waals surface area contributed by atoms with Crippen molar-refractivity contribution in [3.05, 3.63) is 36.8 Å². The lowest BCUT2D eigenvalue weighted by Crippen LogP contribution is -1.94. The van der Waals surface area contributed by atoms with E-state index in [4.69, 9.17) is 0 Å². The highest BCUT2D eigenvalue weighted by atomic mass is 16.3. The van der Waals surface area contributed by atoms with Gasteiger partial charge in [-0.25, -0.2) is 4.98 Å². The highest BCUT2D eigenvalue weighted by Gasteiger charge is 2.26. The van der Waals surface area contributed by atoms with Crippen molar-refractivity contribution in [2.24, 2.45) is 0 Å². The summed E-state index contributed by atoms with van der Waals surface area (Å²) in [6.07, 6.45) is 6.10. The molecule has 15 heavy (non-hydrogen) atoms. The van der Waals surface area contributed by atoms with Crippen LogP contribution in [0.4, 0.5) is 0 Å². The zero-order valence-corrected chi connectivity index (χ0v) is 8.30. The van der Waals surface area contributed by atoms with Crippen molar-refractivity contribution in [3.63, 3.8) is 0 Å². The fourth-order valence-corrected chi connectivity index (χ4v) is 1.85. The van der Waals surface area contributed by atoms with Crippen LogP contribution in [0.1, 0.15) is 18.9 Å². The Labute approximate surface area is 88.0 Å². The van der Waals surface area contributed by atoms with Gasteiger partial charge in [-0.2, -0.15) is 0 Å². The summed E-state index contributed by atoms with van der Waals surface area (Å²) >= 11 is 0. The van der Waals surface area contributed by atoms with Gasteiger partial charge in [-0.1, -0.05) is 12.1 Å². The first-order chi connectivity index (χ1) is 7.36. The van der Waals surface area contributed by atoms with Gasteiger partial charge in [0, 0.05) is 11.6 Å². The number of para-hydroxylation sites is 1. The van der Waals surface area contributed by atoms with E-state index in [1.807, 2.05) is 30.7 Å². The minimum absolute atomic E-state index is 0.319. The Hall–Kier alpha value is -1.77. The molecule has 2 aromatic rings. The fraction of sp³-hybridized carbons (Fsp3) is 0.250. The number of nitrogens with zero attached hydrogens (tertiary/aromatic N) is 2. The van der Waals surface area contributed by atoms with Gasteiger partial charge in [0.05, 0.1) is 18.2 Å². The van der Waals surface area contributed by atoms with Crippen LogP contribution in [0.2, 0.25) is 0 Å². The van der Waals surface area contributed by atoms with E-state index in [0.29, 0.717) is 11.8 Å². The molecule has 1 aromatic heterocycles. The Morgan fingerprint density at radius 3 is 2.80 bits per heavy atom. The summed E-state index contributed by atoms with van der Waals surface area (Å²) in [5.74, 6) is 0.319. The minimum atomic E-state index is 0.319. The molecule has 1 N–H and O–H groups in total. The predicted molar refractivity (Wildman–Crippen MR) is 57.6 cm³/mol. The van der Waals surface area contributed by atoms with E-state index in [1.54, 1.807) is 6.07 Å². The molecule has 3 nitrogen and oxygen atoms in total. The Bertz CT molecular complexity index is 486. The summed E-state index contributed by atoms with van der Waals surface area (Å²) in [4.78, 5) is 4.15. The van der Waals surface area contributed by atoms with Crippen LogP contribution in [-0.4, -0.2) is 14.7 Å². The van der Waals surface area contributed by atoms with Crippen LogP contribution < -0.4 is 0 Å². The van der Waals surface area contributed by atoms with E-state index in [0.717, 1.165) is 11.3 Å². The Morgan fingerprint density at radius 1 is 1.27 bits per heavy atom. The van der Waals surface area contributed by atoms with Gasteiger partial charge in [0.15, 0.2) is 0 Å². The molecule has 0 atom stereocenters. The average molecular weight is 200 g/mol. The molecule has 0 radical (unpaired) electrons. The van der Waals surface area contributed by atoms with Gasteiger partial charge in [-0.15, -0.1) is 0 Å². The smallest absolute Gasteiger partial charge is 0.124 e. The van der Waals surface area contributed by atoms with Gasteiger partial charge in [-0.05, 0) is 25.0 Å². The Morgan fingerprint density at radius 2 is 2.07 bits per heavy atom. The SMILES string of the molecule is Oc1ccccc1-c1cncn1C1CC1. The molecule has 76 valence electrons. The monoisotopic (exact) mass is 200 g/mol. The van der Waals surface area contributed by atoms with Crippen LogP contribution in [0.5, 0.6) is 5.75 Å². The first kappa shape index (κ1) is 8.53. The molecule has 3 heteroatoms. The molecule has 1 saturated carbocycles. The van der Waals surface area contributed by atoms with Crippen LogP contribution in [0, 0.1) is 0 Å². The molecule has 0 unspecified atom stereocenters. The quantitative estimate of drug-likeness (QED) is 0.809. The molecular formula is C12H12N2O. The number of rotatable bonds is 2. The second kappa shape index (κ2) is 3.12. The van der Waals surface area contributed by atoms with Gasteiger partial charge in [-0.3, -0.25) is 0 Å². The highest BCUT2D eigenvalue weighted by Crippen LogP contribution is 2.39. The second-order valence-electron chi connectivity index (χ2n) is 3.93. The Kier molecular flexibility index (Phi) is 1.78. The van der Waals surface area contributed by atoms with Crippen LogP contribution in [0.25, 0.3) is 11.3 Å². The number of hydrogen-bond donors (Lipinski definition) is 1. The predicted octanol–water partition coefficient (Wildman–Crippen LogP) is 2.59. The number of aromatic hydroxyl groups is 1. The van der Waals surface area contributed by atoms with E-state index in [2.05, 4.69) is 9.55 Å². The molecule has 0 amide bonds. The summed E-state index contributed by atoms with van der Waals surface area (Å²) < 4.78 is 2.15. The lowest BCUT2D eigenvalue weighted by Gasteiger charge is -2.07. The zero-order chi connectivity index (χ0) is 10.3. The van der Waals surface area contributed by atoms with Crippen molar-refractivity contribution in [1.82, 2.24) is 9.55 Å². The number of hydrogen-bond acceptors (Lipinski definition) is 2. The maximum absolute atomic E-state index is 9.77. The minimum Gasteiger partial charge on any atom is -0.507 e. The van der Waals surface area contributed by atoms with Crippen LogP contribution in [0.3, 0.4) is 0 Å². The number of phenols is 1. The lowest BCUT2D eigenvalue weighted by atomic mass is 10.1. The molecule has 1 aromatic carbocycles. The van der Waals surface area contributed by atoms with E-state index in [1.165, 1.54) is 12.8 Å². The molecule has 1 aliphatic carbocycles. The topological polar surface area (TPSA) is 38.1 Å². The molecule has 0 saturated heterocycles. The van der Waals surface area contributed by atoms with Gasteiger partial charge >= 0.3 is 0 Å². The van der Waals surface area contributed by atoms with Gasteiger partial charge in [0.1, 0.15) is 5.75 Å². The maximum atomic E-state index is 9.77. The first-order valence-electron chi connectivity index (χ1n) is 5.16. The Balaban J connectivity index is 2.12. The third-order valence-corrected chi connectivity index (χ3v) is 2.79. The maximum Gasteiger partial charge on any atom is 0.124 e. The number of phenolic OH excluding ortho intramolecular Hbond substituents is 1. The third kappa shape index (κ3) is 1.40. The number of aromatic nitrogens is 2. The van der Waals surface area contributed by atoms with E-state index >= 15 is 0 Å². The van der Waals surface area contributed by atoms with Crippen molar-refractivity contribution in [1.29, 1.82) is 0 Å². The van der Waals surface area contributed by atoms with Crippen molar-refractivity contribution in [2.45, 2.75) is 18.9 Å². The molecular weight excluding hydrogens is 188 g/mol. The summed E-state index contributed by atoms with van der Waals surface area (Å²) in [6, 6.07) is 7.97. The fourth-order valence-electron chi connectivity index (χ4n) is 1.85. The van der Waals surface area contributed by atoms with Crippen molar-refractivity contribution in [2.75, 3.05) is 0 Å². The summed E-state index contributed by atoms with van der Waals surface area (Å²) in [5, 5.41) is 9.77. The third-order valence-electron chi connectivity index (χ3n) is 2.79. The standard InChI is InChI=1S/C12H12N2O/c15-12-4-2-1-3-10(12)11-7-13-8-14(11)9-5-6-9/h1-4,7-9,15H,5-6H2. The lowest BCUT2D eigenvalue weighted by molar-refractivity contribution is 0.476. The molecule has 0 aliphatic heterocycles. The van der Waals surface area contributed by atoms with E-state index in [-0.39, 0.29) is 0 Å². The molecule has 3 rings (SSSR count). The highest BCUT2D eigenvalue weighted by molar-refractivity contribution is 5.66. The largest absolute Gasteiger partial charge is 0.507 e. The van der Waals surface area contributed by atoms with E-state index < -0.39 is 0 Å². The summed E-state index contributed by atoms with van der Waals surface area (Å²) in [6.45, 7) is 0. The van der Waals surface area contributed by atoms with Gasteiger partial charge in [0.2, 0.25) is 0 Å². The second-order valence-corrected chi connectivity index (χ2v) is 3.93. The first-order valence-corrected chi connectivity index (χ1v) is 5.16. The number of imidazole rings is 1. The zero-order valence-electron chi connectivity index (χ0n) is 8.30. The molecule has 1 heterocycles.